The summed E-state index contributed by atoms with van der Waals surface area (Å²) in [5, 5.41) is 0.458. The van der Waals surface area contributed by atoms with Gasteiger partial charge in [0.2, 0.25) is 5.88 Å². The Morgan fingerprint density at radius 2 is 1.78 bits per heavy atom. The summed E-state index contributed by atoms with van der Waals surface area (Å²) < 4.78 is 5.60. The monoisotopic (exact) mass is 270 g/mol. The molecule has 4 heteroatoms. The van der Waals surface area contributed by atoms with Gasteiger partial charge >= 0.3 is 0 Å². The molecule has 0 saturated heterocycles. The molecule has 3 nitrogen and oxygen atoms in total. The van der Waals surface area contributed by atoms with Gasteiger partial charge in [-0.2, -0.15) is 4.98 Å². The first-order valence-electron chi connectivity index (χ1n) is 6.92. The molecule has 1 aromatic rings. The first-order valence-corrected chi connectivity index (χ1v) is 7.30. The topological polar surface area (TPSA) is 35.0 Å². The molecule has 0 aliphatic rings. The van der Waals surface area contributed by atoms with Crippen molar-refractivity contribution in [3.8, 4) is 5.88 Å². The van der Waals surface area contributed by atoms with Gasteiger partial charge in [0, 0.05) is 12.5 Å². The van der Waals surface area contributed by atoms with Gasteiger partial charge in [0.1, 0.15) is 11.0 Å². The van der Waals surface area contributed by atoms with Crippen molar-refractivity contribution in [2.45, 2.75) is 58.8 Å². The van der Waals surface area contributed by atoms with E-state index >= 15 is 0 Å². The van der Waals surface area contributed by atoms with Gasteiger partial charge in [0.05, 0.1) is 6.61 Å². The van der Waals surface area contributed by atoms with E-state index in [1.54, 1.807) is 6.07 Å². The van der Waals surface area contributed by atoms with E-state index in [1.165, 1.54) is 32.1 Å². The predicted molar refractivity (Wildman–Crippen MR) is 75.3 cm³/mol. The predicted octanol–water partition coefficient (Wildman–Crippen LogP) is 4.43. The van der Waals surface area contributed by atoms with Crippen LogP contribution in [0.25, 0.3) is 0 Å². The van der Waals surface area contributed by atoms with Crippen LogP contribution in [0.2, 0.25) is 5.15 Å². The molecule has 1 aromatic heterocycles. The van der Waals surface area contributed by atoms with Crippen molar-refractivity contribution >= 4 is 11.6 Å². The van der Waals surface area contributed by atoms with Crippen LogP contribution >= 0.6 is 11.6 Å². The van der Waals surface area contributed by atoms with Crippen molar-refractivity contribution in [2.24, 2.45) is 0 Å². The minimum atomic E-state index is 0.458. The zero-order valence-corrected chi connectivity index (χ0v) is 12.2. The van der Waals surface area contributed by atoms with Gasteiger partial charge in [0.15, 0.2) is 0 Å². The summed E-state index contributed by atoms with van der Waals surface area (Å²) in [5.74, 6) is 1.33. The van der Waals surface area contributed by atoms with Crippen LogP contribution in [0, 0.1) is 0 Å². The lowest BCUT2D eigenvalue weighted by Gasteiger charge is -2.06. The molecule has 0 spiro atoms. The van der Waals surface area contributed by atoms with Crippen molar-refractivity contribution < 1.29 is 4.74 Å². The lowest BCUT2D eigenvalue weighted by atomic mass is 10.1. The summed E-state index contributed by atoms with van der Waals surface area (Å²) >= 11 is 5.89. The fourth-order valence-electron chi connectivity index (χ4n) is 1.73. The van der Waals surface area contributed by atoms with E-state index in [-0.39, 0.29) is 0 Å². The second-order valence-electron chi connectivity index (χ2n) is 4.41. The fraction of sp³-hybridized carbons (Fsp3) is 0.714. The van der Waals surface area contributed by atoms with E-state index in [0.29, 0.717) is 17.6 Å². The molecule has 0 bridgehead atoms. The molecule has 0 aliphatic heterocycles. The highest BCUT2D eigenvalue weighted by Crippen LogP contribution is 2.14. The molecule has 0 saturated carbocycles. The molecule has 18 heavy (non-hydrogen) atoms. The Kier molecular flexibility index (Phi) is 7.74. The van der Waals surface area contributed by atoms with Gasteiger partial charge in [-0.15, -0.1) is 0 Å². The lowest BCUT2D eigenvalue weighted by Crippen LogP contribution is -2.02. The van der Waals surface area contributed by atoms with Crippen molar-refractivity contribution in [1.29, 1.82) is 0 Å². The van der Waals surface area contributed by atoms with Crippen molar-refractivity contribution in [2.75, 3.05) is 6.61 Å². The molecular weight excluding hydrogens is 248 g/mol. The van der Waals surface area contributed by atoms with Crippen LogP contribution in [-0.4, -0.2) is 16.6 Å². The van der Waals surface area contributed by atoms with E-state index in [4.69, 9.17) is 16.3 Å². The Bertz CT molecular complexity index is 345. The molecule has 1 rings (SSSR count). The highest BCUT2D eigenvalue weighted by Gasteiger charge is 2.02. The lowest BCUT2D eigenvalue weighted by molar-refractivity contribution is 0.292. The van der Waals surface area contributed by atoms with E-state index in [9.17, 15) is 0 Å². The highest BCUT2D eigenvalue weighted by molar-refractivity contribution is 6.29. The third-order valence-electron chi connectivity index (χ3n) is 2.78. The Morgan fingerprint density at radius 1 is 1.06 bits per heavy atom. The summed E-state index contributed by atoms with van der Waals surface area (Å²) in [6, 6.07) is 1.68. The summed E-state index contributed by atoms with van der Waals surface area (Å²) in [7, 11) is 0. The summed E-state index contributed by atoms with van der Waals surface area (Å²) in [4.78, 5) is 8.39. The summed E-state index contributed by atoms with van der Waals surface area (Å²) in [6.07, 6.45) is 8.32. The van der Waals surface area contributed by atoms with Crippen LogP contribution < -0.4 is 4.74 Å². The molecule has 0 fully saturated rings. The normalized spacial score (nSPS) is 10.6. The number of hydrogen-bond acceptors (Lipinski definition) is 3. The Hall–Kier alpha value is -0.830. The number of halogens is 1. The maximum absolute atomic E-state index is 5.89. The number of aromatic nitrogens is 2. The van der Waals surface area contributed by atoms with Gasteiger partial charge in [-0.05, 0) is 6.42 Å². The van der Waals surface area contributed by atoms with Crippen molar-refractivity contribution in [3.63, 3.8) is 0 Å². The molecule has 0 N–H and O–H groups in total. The van der Waals surface area contributed by atoms with Crippen LogP contribution in [0.5, 0.6) is 5.88 Å². The van der Waals surface area contributed by atoms with Gasteiger partial charge < -0.3 is 4.74 Å². The minimum Gasteiger partial charge on any atom is -0.478 e. The molecule has 0 aliphatic carbocycles. The maximum Gasteiger partial charge on any atom is 0.218 e. The smallest absolute Gasteiger partial charge is 0.218 e. The van der Waals surface area contributed by atoms with Gasteiger partial charge in [-0.3, -0.25) is 0 Å². The van der Waals surface area contributed by atoms with E-state index in [2.05, 4.69) is 16.9 Å². The first-order chi connectivity index (χ1) is 8.76. The largest absolute Gasteiger partial charge is 0.478 e. The second kappa shape index (κ2) is 9.15. The molecule has 0 amide bonds. The Labute approximate surface area is 115 Å². The molecule has 0 unspecified atom stereocenters. The number of hydrogen-bond donors (Lipinski definition) is 0. The van der Waals surface area contributed by atoms with Crippen molar-refractivity contribution in [3.05, 3.63) is 17.0 Å². The minimum absolute atomic E-state index is 0.458. The third kappa shape index (κ3) is 6.20. The van der Waals surface area contributed by atoms with E-state index in [1.807, 2.05) is 6.92 Å². The molecule has 0 radical (unpaired) electrons. The van der Waals surface area contributed by atoms with Crippen LogP contribution in [0.4, 0.5) is 0 Å². The van der Waals surface area contributed by atoms with E-state index < -0.39 is 0 Å². The second-order valence-corrected chi connectivity index (χ2v) is 4.80. The maximum atomic E-state index is 5.89. The Balaban J connectivity index is 2.20. The summed E-state index contributed by atoms with van der Waals surface area (Å²) in [5.41, 5.74) is 0. The average molecular weight is 271 g/mol. The number of ether oxygens (including phenoxy) is 1. The number of nitrogens with zero attached hydrogens (tertiary/aromatic N) is 2. The van der Waals surface area contributed by atoms with Crippen LogP contribution in [0.1, 0.15) is 58.2 Å². The third-order valence-corrected chi connectivity index (χ3v) is 2.98. The first kappa shape index (κ1) is 15.2. The highest BCUT2D eigenvalue weighted by atomic mass is 35.5. The average Bonchev–Trinajstić information content (AvgIpc) is 2.37. The SMILES string of the molecule is CCCCCCCCOc1cc(Cl)nc(CC)n1. The Morgan fingerprint density at radius 3 is 2.50 bits per heavy atom. The van der Waals surface area contributed by atoms with Crippen molar-refractivity contribution in [1.82, 2.24) is 9.97 Å². The van der Waals surface area contributed by atoms with Crippen LogP contribution in [0.3, 0.4) is 0 Å². The number of aryl methyl sites for hydroxylation is 1. The summed E-state index contributed by atoms with van der Waals surface area (Å²) in [6.45, 7) is 4.94. The number of unbranched alkanes of at least 4 members (excludes halogenated alkanes) is 5. The van der Waals surface area contributed by atoms with E-state index in [0.717, 1.165) is 18.7 Å². The van der Waals surface area contributed by atoms with Crippen LogP contribution in [-0.2, 0) is 6.42 Å². The number of rotatable bonds is 9. The zero-order chi connectivity index (χ0) is 13.2. The zero-order valence-electron chi connectivity index (χ0n) is 11.4. The fourth-order valence-corrected chi connectivity index (χ4v) is 1.92. The van der Waals surface area contributed by atoms with Gasteiger partial charge in [-0.1, -0.05) is 57.6 Å². The van der Waals surface area contributed by atoms with Gasteiger partial charge in [0.25, 0.3) is 0 Å². The molecule has 0 atom stereocenters. The molecule has 0 aromatic carbocycles. The standard InChI is InChI=1S/C14H23ClN2O/c1-3-5-6-7-8-9-10-18-14-11-12(15)16-13(4-2)17-14/h11H,3-10H2,1-2H3. The molecule has 102 valence electrons. The molecule has 1 heterocycles. The molecular formula is C14H23ClN2O. The van der Waals surface area contributed by atoms with Gasteiger partial charge in [-0.25, -0.2) is 4.98 Å². The van der Waals surface area contributed by atoms with Crippen LogP contribution in [0.15, 0.2) is 6.07 Å². The quantitative estimate of drug-likeness (QED) is 0.492.